The van der Waals surface area contributed by atoms with Gasteiger partial charge in [-0.05, 0) is 17.7 Å². The number of carbonyl (C=O) groups excluding carboxylic acids is 2. The Balaban J connectivity index is 1.97. The summed E-state index contributed by atoms with van der Waals surface area (Å²) in [5, 5.41) is 6.71. The highest BCUT2D eigenvalue weighted by atomic mass is 16.1. The highest BCUT2D eigenvalue weighted by molar-refractivity contribution is 6.00. The molecule has 0 fully saturated rings. The molecule has 1 aromatic carbocycles. The molecular formula is C20H21N5O2. The predicted molar refractivity (Wildman–Crippen MR) is 101 cm³/mol. The number of hydrogen-bond acceptors (Lipinski definition) is 5. The fraction of sp³-hybridized carbons (Fsp3) is 0.250. The lowest BCUT2D eigenvalue weighted by Crippen LogP contribution is -2.21. The molecule has 0 aliphatic carbocycles. The molecule has 0 bridgehead atoms. The molecule has 0 spiro atoms. The van der Waals surface area contributed by atoms with Gasteiger partial charge in [-0.15, -0.1) is 0 Å². The Morgan fingerprint density at radius 2 is 1.93 bits per heavy atom. The maximum absolute atomic E-state index is 12.7. The van der Waals surface area contributed by atoms with Gasteiger partial charge in [0.25, 0.3) is 5.91 Å². The zero-order valence-electron chi connectivity index (χ0n) is 15.5. The molecule has 1 atom stereocenters. The Morgan fingerprint density at radius 1 is 1.19 bits per heavy atom. The van der Waals surface area contributed by atoms with Crippen LogP contribution in [-0.4, -0.2) is 38.5 Å². The van der Waals surface area contributed by atoms with E-state index in [1.807, 2.05) is 37.3 Å². The Labute approximate surface area is 157 Å². The van der Waals surface area contributed by atoms with E-state index in [1.54, 1.807) is 24.1 Å². The van der Waals surface area contributed by atoms with Gasteiger partial charge in [-0.2, -0.15) is 5.10 Å². The van der Waals surface area contributed by atoms with Crippen LogP contribution in [0.4, 0.5) is 0 Å². The molecule has 2 heterocycles. The van der Waals surface area contributed by atoms with Crippen LogP contribution in [0.2, 0.25) is 0 Å². The molecule has 0 saturated heterocycles. The van der Waals surface area contributed by atoms with Crippen molar-refractivity contribution in [2.45, 2.75) is 19.3 Å². The molecule has 0 unspecified atom stereocenters. The number of aromatic nitrogens is 4. The third kappa shape index (κ3) is 4.25. The Morgan fingerprint density at radius 3 is 2.56 bits per heavy atom. The SMILES string of the molecule is CNC(=O)c1cc(C(=O)Cc2ncn(C)n2)cc([C@@H](C)c2ccccc2)n1. The monoisotopic (exact) mass is 363 g/mol. The summed E-state index contributed by atoms with van der Waals surface area (Å²) >= 11 is 0. The summed E-state index contributed by atoms with van der Waals surface area (Å²) in [6.45, 7) is 2.00. The molecule has 0 aliphatic rings. The topological polar surface area (TPSA) is 89.8 Å². The number of hydrogen-bond donors (Lipinski definition) is 1. The smallest absolute Gasteiger partial charge is 0.269 e. The van der Waals surface area contributed by atoms with E-state index >= 15 is 0 Å². The molecule has 27 heavy (non-hydrogen) atoms. The van der Waals surface area contributed by atoms with Crippen molar-refractivity contribution in [1.82, 2.24) is 25.1 Å². The number of nitrogens with one attached hydrogen (secondary N) is 1. The Bertz CT molecular complexity index is 966. The minimum absolute atomic E-state index is 0.0599. The summed E-state index contributed by atoms with van der Waals surface area (Å²) in [7, 11) is 3.29. The van der Waals surface area contributed by atoms with Gasteiger partial charge in [0.2, 0.25) is 0 Å². The third-order valence-electron chi connectivity index (χ3n) is 4.34. The molecule has 7 nitrogen and oxygen atoms in total. The van der Waals surface area contributed by atoms with Crippen molar-refractivity contribution in [2.75, 3.05) is 7.05 Å². The van der Waals surface area contributed by atoms with Gasteiger partial charge in [0.1, 0.15) is 12.0 Å². The first-order valence-corrected chi connectivity index (χ1v) is 8.64. The lowest BCUT2D eigenvalue weighted by Gasteiger charge is -2.14. The standard InChI is InChI=1S/C20H21N5O2/c1-13(14-7-5-4-6-8-14)16-9-15(10-17(23-16)20(27)21-2)18(26)11-19-22-12-25(3)24-19/h4-10,12-13H,11H2,1-3H3,(H,21,27)/t13-/m0/s1. The van der Waals surface area contributed by atoms with Crippen molar-refractivity contribution in [3.8, 4) is 0 Å². The van der Waals surface area contributed by atoms with Crippen molar-refractivity contribution in [3.05, 3.63) is 77.1 Å². The fourth-order valence-electron chi connectivity index (χ4n) is 2.80. The van der Waals surface area contributed by atoms with Crippen LogP contribution in [0.1, 0.15) is 50.8 Å². The van der Waals surface area contributed by atoms with Gasteiger partial charge in [-0.1, -0.05) is 37.3 Å². The van der Waals surface area contributed by atoms with Crippen LogP contribution in [0.25, 0.3) is 0 Å². The van der Waals surface area contributed by atoms with Crippen molar-refractivity contribution in [3.63, 3.8) is 0 Å². The van der Waals surface area contributed by atoms with Crippen molar-refractivity contribution >= 4 is 11.7 Å². The predicted octanol–water partition coefficient (Wildman–Crippen LogP) is 2.15. The quantitative estimate of drug-likeness (QED) is 0.678. The number of benzene rings is 1. The molecule has 3 aromatic rings. The van der Waals surface area contributed by atoms with Crippen LogP contribution in [0.15, 0.2) is 48.8 Å². The minimum Gasteiger partial charge on any atom is -0.354 e. The van der Waals surface area contributed by atoms with Crippen LogP contribution in [-0.2, 0) is 13.5 Å². The average Bonchev–Trinajstić information content (AvgIpc) is 3.11. The van der Waals surface area contributed by atoms with Crippen LogP contribution in [0, 0.1) is 0 Å². The van der Waals surface area contributed by atoms with Gasteiger partial charge in [0, 0.05) is 31.3 Å². The van der Waals surface area contributed by atoms with E-state index in [4.69, 9.17) is 0 Å². The van der Waals surface area contributed by atoms with Crippen molar-refractivity contribution < 1.29 is 9.59 Å². The zero-order valence-corrected chi connectivity index (χ0v) is 15.5. The number of ketones is 1. The molecule has 0 saturated carbocycles. The largest absolute Gasteiger partial charge is 0.354 e. The van der Waals surface area contributed by atoms with Gasteiger partial charge in [-0.3, -0.25) is 14.3 Å². The van der Waals surface area contributed by atoms with E-state index in [-0.39, 0.29) is 29.7 Å². The van der Waals surface area contributed by atoms with Crippen molar-refractivity contribution in [1.29, 1.82) is 0 Å². The number of aryl methyl sites for hydroxylation is 1. The van der Waals surface area contributed by atoms with Crippen molar-refractivity contribution in [2.24, 2.45) is 7.05 Å². The second-order valence-corrected chi connectivity index (χ2v) is 6.31. The lowest BCUT2D eigenvalue weighted by atomic mass is 9.95. The van der Waals surface area contributed by atoms with Crippen LogP contribution in [0.5, 0.6) is 0 Å². The maximum Gasteiger partial charge on any atom is 0.269 e. The third-order valence-corrected chi connectivity index (χ3v) is 4.34. The number of rotatable bonds is 6. The first-order chi connectivity index (χ1) is 13.0. The molecule has 0 radical (unpaired) electrons. The maximum atomic E-state index is 12.7. The molecule has 138 valence electrons. The second-order valence-electron chi connectivity index (χ2n) is 6.31. The van der Waals surface area contributed by atoms with E-state index in [2.05, 4.69) is 20.4 Å². The minimum atomic E-state index is -0.331. The molecule has 7 heteroatoms. The number of pyridine rings is 1. The fourth-order valence-corrected chi connectivity index (χ4v) is 2.80. The first-order valence-electron chi connectivity index (χ1n) is 8.64. The van der Waals surface area contributed by atoms with E-state index in [9.17, 15) is 9.59 Å². The summed E-state index contributed by atoms with van der Waals surface area (Å²) in [6, 6.07) is 13.1. The Kier molecular flexibility index (Phi) is 5.40. The van der Waals surface area contributed by atoms with Crippen LogP contribution < -0.4 is 5.32 Å². The lowest BCUT2D eigenvalue weighted by molar-refractivity contribution is 0.0958. The van der Waals surface area contributed by atoms with Gasteiger partial charge in [0.15, 0.2) is 11.6 Å². The Hall–Kier alpha value is -3.35. The summed E-state index contributed by atoms with van der Waals surface area (Å²) in [5.74, 6) is -0.105. The number of nitrogens with zero attached hydrogens (tertiary/aromatic N) is 4. The molecule has 3 rings (SSSR count). The van der Waals surface area contributed by atoms with Gasteiger partial charge >= 0.3 is 0 Å². The van der Waals surface area contributed by atoms with E-state index in [1.165, 1.54) is 13.1 Å². The van der Waals surface area contributed by atoms with Gasteiger partial charge in [0.05, 0.1) is 6.42 Å². The summed E-state index contributed by atoms with van der Waals surface area (Å²) < 4.78 is 1.55. The summed E-state index contributed by atoms with van der Waals surface area (Å²) in [5.41, 5.74) is 2.37. The van der Waals surface area contributed by atoms with E-state index in [0.717, 1.165) is 5.56 Å². The highest BCUT2D eigenvalue weighted by Gasteiger charge is 2.19. The molecule has 1 amide bonds. The van der Waals surface area contributed by atoms with Gasteiger partial charge in [-0.25, -0.2) is 9.97 Å². The average molecular weight is 363 g/mol. The first kappa shape index (κ1) is 18.4. The zero-order chi connectivity index (χ0) is 19.4. The molecule has 1 N–H and O–H groups in total. The molecule has 0 aliphatic heterocycles. The van der Waals surface area contributed by atoms with E-state index < -0.39 is 0 Å². The number of carbonyl (C=O) groups is 2. The normalized spacial score (nSPS) is 11.8. The summed E-state index contributed by atoms with van der Waals surface area (Å²) in [4.78, 5) is 33.5. The highest BCUT2D eigenvalue weighted by Crippen LogP contribution is 2.24. The number of amides is 1. The van der Waals surface area contributed by atoms with Crippen LogP contribution in [0.3, 0.4) is 0 Å². The molecule has 2 aromatic heterocycles. The second kappa shape index (κ2) is 7.90. The number of Topliss-reactive ketones (excluding diaryl/α,β-unsaturated/α-hetero) is 1. The van der Waals surface area contributed by atoms with E-state index in [0.29, 0.717) is 17.1 Å². The van der Waals surface area contributed by atoms with Gasteiger partial charge < -0.3 is 5.32 Å². The molecular weight excluding hydrogens is 342 g/mol. The van der Waals surface area contributed by atoms with Crippen LogP contribution >= 0.6 is 0 Å². The summed E-state index contributed by atoms with van der Waals surface area (Å²) in [6.07, 6.45) is 1.62.